The van der Waals surface area contributed by atoms with Crippen molar-refractivity contribution in [2.75, 3.05) is 18.5 Å². The van der Waals surface area contributed by atoms with Gasteiger partial charge in [-0.05, 0) is 32.4 Å². The zero-order valence-electron chi connectivity index (χ0n) is 11.3. The van der Waals surface area contributed by atoms with E-state index in [-0.39, 0.29) is 16.7 Å². The molecule has 0 aliphatic carbocycles. The molecule has 1 N–H and O–H groups in total. The van der Waals surface area contributed by atoms with Crippen molar-refractivity contribution in [3.05, 3.63) is 33.9 Å². The highest BCUT2D eigenvalue weighted by atomic mass is 16.7. The molecule has 1 aliphatic heterocycles. The van der Waals surface area contributed by atoms with Gasteiger partial charge in [0.1, 0.15) is 11.8 Å². The number of anilines is 1. The molecule has 6 nitrogen and oxygen atoms in total. The highest BCUT2D eigenvalue weighted by Crippen LogP contribution is 2.27. The van der Waals surface area contributed by atoms with Crippen LogP contribution in [0.5, 0.6) is 0 Å². The van der Waals surface area contributed by atoms with Crippen molar-refractivity contribution in [3.8, 4) is 0 Å². The fourth-order valence-corrected chi connectivity index (χ4v) is 2.03. The van der Waals surface area contributed by atoms with Crippen LogP contribution in [0.25, 0.3) is 0 Å². The summed E-state index contributed by atoms with van der Waals surface area (Å²) in [5.74, 6) is -0.578. The van der Waals surface area contributed by atoms with Gasteiger partial charge in [-0.1, -0.05) is 6.07 Å². The Hall–Kier alpha value is -1.66. The summed E-state index contributed by atoms with van der Waals surface area (Å²) in [6.07, 6.45) is -0.101. The SMILES string of the molecule is Cc1ccc(NCC2COC(C)(C)O2)c([N+](=O)[O-])c1. The Morgan fingerprint density at radius 1 is 1.53 bits per heavy atom. The summed E-state index contributed by atoms with van der Waals surface area (Å²) < 4.78 is 11.1. The van der Waals surface area contributed by atoms with E-state index < -0.39 is 5.79 Å². The first-order chi connectivity index (χ1) is 8.87. The molecule has 1 aliphatic rings. The summed E-state index contributed by atoms with van der Waals surface area (Å²) in [5, 5.41) is 14.0. The molecule has 0 amide bonds. The van der Waals surface area contributed by atoms with Crippen molar-refractivity contribution in [3.63, 3.8) is 0 Å². The molecular formula is C13H18N2O4. The van der Waals surface area contributed by atoms with Crippen LogP contribution in [0.1, 0.15) is 19.4 Å². The van der Waals surface area contributed by atoms with Gasteiger partial charge < -0.3 is 14.8 Å². The lowest BCUT2D eigenvalue weighted by Crippen LogP contribution is -2.26. The Balaban J connectivity index is 2.02. The smallest absolute Gasteiger partial charge is 0.292 e. The molecule has 1 aromatic carbocycles. The van der Waals surface area contributed by atoms with Crippen LogP contribution in [0, 0.1) is 17.0 Å². The van der Waals surface area contributed by atoms with Gasteiger partial charge in [-0.3, -0.25) is 10.1 Å². The van der Waals surface area contributed by atoms with E-state index >= 15 is 0 Å². The predicted molar refractivity (Wildman–Crippen MR) is 71.2 cm³/mol. The minimum atomic E-state index is -0.578. The normalized spacial score (nSPS) is 21.3. The zero-order valence-corrected chi connectivity index (χ0v) is 11.3. The third-order valence-corrected chi connectivity index (χ3v) is 2.94. The lowest BCUT2D eigenvalue weighted by molar-refractivity contribution is -0.384. The van der Waals surface area contributed by atoms with Gasteiger partial charge in [0.05, 0.1) is 11.5 Å². The molecule has 1 saturated heterocycles. The van der Waals surface area contributed by atoms with Crippen molar-refractivity contribution in [1.82, 2.24) is 0 Å². The van der Waals surface area contributed by atoms with Gasteiger partial charge in [-0.2, -0.15) is 0 Å². The number of aryl methyl sites for hydroxylation is 1. The van der Waals surface area contributed by atoms with E-state index in [1.807, 2.05) is 26.8 Å². The molecule has 2 rings (SSSR count). The number of ether oxygens (including phenoxy) is 2. The molecule has 19 heavy (non-hydrogen) atoms. The molecule has 0 saturated carbocycles. The second kappa shape index (κ2) is 5.14. The van der Waals surface area contributed by atoms with Crippen molar-refractivity contribution in [2.24, 2.45) is 0 Å². The molecule has 0 bridgehead atoms. The van der Waals surface area contributed by atoms with Crippen molar-refractivity contribution >= 4 is 11.4 Å². The maximum atomic E-state index is 11.0. The standard InChI is InChI=1S/C13H18N2O4/c1-9-4-5-11(12(6-9)15(16)17)14-7-10-8-18-13(2,3)19-10/h4-6,10,14H,7-8H2,1-3H3. The van der Waals surface area contributed by atoms with Crippen LogP contribution in [0.2, 0.25) is 0 Å². The van der Waals surface area contributed by atoms with Crippen LogP contribution >= 0.6 is 0 Å². The molecule has 1 atom stereocenters. The van der Waals surface area contributed by atoms with Gasteiger partial charge in [-0.15, -0.1) is 0 Å². The van der Waals surface area contributed by atoms with E-state index in [9.17, 15) is 10.1 Å². The summed E-state index contributed by atoms with van der Waals surface area (Å²) in [6, 6.07) is 5.11. The maximum absolute atomic E-state index is 11.0. The van der Waals surface area contributed by atoms with E-state index in [0.29, 0.717) is 18.8 Å². The molecule has 1 heterocycles. The lowest BCUT2D eigenvalue weighted by Gasteiger charge is -2.17. The molecule has 0 aromatic heterocycles. The number of hydrogen-bond donors (Lipinski definition) is 1. The molecular weight excluding hydrogens is 248 g/mol. The van der Waals surface area contributed by atoms with E-state index in [4.69, 9.17) is 9.47 Å². The molecule has 0 spiro atoms. The predicted octanol–water partition coefficient (Wildman–Crippen LogP) is 2.47. The summed E-state index contributed by atoms with van der Waals surface area (Å²) in [6.45, 7) is 6.49. The fourth-order valence-electron chi connectivity index (χ4n) is 2.03. The minimum absolute atomic E-state index is 0.0816. The molecule has 104 valence electrons. The second-order valence-electron chi connectivity index (χ2n) is 5.11. The van der Waals surface area contributed by atoms with Gasteiger partial charge >= 0.3 is 0 Å². The van der Waals surface area contributed by atoms with Gasteiger partial charge in [-0.25, -0.2) is 0 Å². The quantitative estimate of drug-likeness (QED) is 0.669. The van der Waals surface area contributed by atoms with Gasteiger partial charge in [0.25, 0.3) is 5.69 Å². The zero-order chi connectivity index (χ0) is 14.0. The van der Waals surface area contributed by atoms with Crippen molar-refractivity contribution in [2.45, 2.75) is 32.7 Å². The Morgan fingerprint density at radius 2 is 2.26 bits per heavy atom. The van der Waals surface area contributed by atoms with E-state index in [2.05, 4.69) is 5.32 Å². The highest BCUT2D eigenvalue weighted by molar-refractivity contribution is 5.62. The molecule has 1 fully saturated rings. The van der Waals surface area contributed by atoms with Crippen molar-refractivity contribution < 1.29 is 14.4 Å². The van der Waals surface area contributed by atoms with Gasteiger partial charge in [0.2, 0.25) is 0 Å². The minimum Gasteiger partial charge on any atom is -0.377 e. The molecule has 6 heteroatoms. The largest absolute Gasteiger partial charge is 0.377 e. The Bertz CT molecular complexity index is 488. The summed E-state index contributed by atoms with van der Waals surface area (Å²) in [7, 11) is 0. The van der Waals surface area contributed by atoms with Gasteiger partial charge in [0.15, 0.2) is 5.79 Å². The summed E-state index contributed by atoms with van der Waals surface area (Å²) in [5.41, 5.74) is 1.45. The maximum Gasteiger partial charge on any atom is 0.292 e. The highest BCUT2D eigenvalue weighted by Gasteiger charge is 2.32. The number of nitro benzene ring substituents is 1. The Morgan fingerprint density at radius 3 is 2.84 bits per heavy atom. The average molecular weight is 266 g/mol. The third kappa shape index (κ3) is 3.42. The molecule has 0 radical (unpaired) electrons. The lowest BCUT2D eigenvalue weighted by atomic mass is 10.2. The number of hydrogen-bond acceptors (Lipinski definition) is 5. The first-order valence-electron chi connectivity index (χ1n) is 6.18. The van der Waals surface area contributed by atoms with Crippen LogP contribution in [0.15, 0.2) is 18.2 Å². The van der Waals surface area contributed by atoms with Crippen LogP contribution in [-0.2, 0) is 9.47 Å². The Kier molecular flexibility index (Phi) is 3.73. The van der Waals surface area contributed by atoms with Crippen LogP contribution in [-0.4, -0.2) is 30.0 Å². The first kappa shape index (κ1) is 13.8. The van der Waals surface area contributed by atoms with Gasteiger partial charge in [0, 0.05) is 12.6 Å². The van der Waals surface area contributed by atoms with E-state index in [1.54, 1.807) is 12.1 Å². The van der Waals surface area contributed by atoms with E-state index in [0.717, 1.165) is 5.56 Å². The topological polar surface area (TPSA) is 73.6 Å². The number of nitro groups is 1. The molecule has 1 aromatic rings. The first-order valence-corrected chi connectivity index (χ1v) is 6.18. The summed E-state index contributed by atoms with van der Waals surface area (Å²) in [4.78, 5) is 10.6. The third-order valence-electron chi connectivity index (χ3n) is 2.94. The summed E-state index contributed by atoms with van der Waals surface area (Å²) >= 11 is 0. The van der Waals surface area contributed by atoms with Crippen LogP contribution in [0.4, 0.5) is 11.4 Å². The van der Waals surface area contributed by atoms with Crippen LogP contribution < -0.4 is 5.32 Å². The van der Waals surface area contributed by atoms with Crippen LogP contribution in [0.3, 0.4) is 0 Å². The number of rotatable bonds is 4. The molecule has 1 unspecified atom stereocenters. The number of benzene rings is 1. The number of nitrogens with one attached hydrogen (secondary N) is 1. The fraction of sp³-hybridized carbons (Fsp3) is 0.538. The number of nitrogens with zero attached hydrogens (tertiary/aromatic N) is 1. The monoisotopic (exact) mass is 266 g/mol. The Labute approximate surface area is 111 Å². The second-order valence-corrected chi connectivity index (χ2v) is 5.11. The average Bonchev–Trinajstić information content (AvgIpc) is 2.67. The van der Waals surface area contributed by atoms with E-state index in [1.165, 1.54) is 0 Å². The van der Waals surface area contributed by atoms with Crippen molar-refractivity contribution in [1.29, 1.82) is 0 Å².